The summed E-state index contributed by atoms with van der Waals surface area (Å²) in [7, 11) is 3.06. The molecule has 0 radical (unpaired) electrons. The fourth-order valence-electron chi connectivity index (χ4n) is 5.49. The van der Waals surface area contributed by atoms with Crippen molar-refractivity contribution in [3.05, 3.63) is 77.1 Å². The normalized spacial score (nSPS) is 19.3. The Morgan fingerprint density at radius 1 is 1.07 bits per heavy atom. The highest BCUT2D eigenvalue weighted by Crippen LogP contribution is 2.41. The number of nitrogens with zero attached hydrogens (tertiary/aromatic N) is 3. The van der Waals surface area contributed by atoms with Crippen LogP contribution >= 0.6 is 0 Å². The molecule has 1 amide bonds. The summed E-state index contributed by atoms with van der Waals surface area (Å²) < 4.78 is 18.0. The number of likely N-dealkylation sites (tertiary alicyclic amines) is 1. The first-order valence-electron chi connectivity index (χ1n) is 13.4. The van der Waals surface area contributed by atoms with Crippen LogP contribution in [0.5, 0.6) is 11.5 Å². The second kappa shape index (κ2) is 11.9. The zero-order valence-corrected chi connectivity index (χ0v) is 23.0. The topological polar surface area (TPSA) is 110 Å². The molecule has 3 heterocycles. The molecule has 2 aromatic carbocycles. The number of amides is 1. The largest absolute Gasteiger partial charge is 0.872 e. The van der Waals surface area contributed by atoms with E-state index in [-0.39, 0.29) is 11.1 Å². The first-order valence-corrected chi connectivity index (χ1v) is 13.4. The van der Waals surface area contributed by atoms with Gasteiger partial charge in [0.25, 0.3) is 5.91 Å². The number of para-hydroxylation sites is 1. The molecule has 1 unspecified atom stereocenters. The van der Waals surface area contributed by atoms with Gasteiger partial charge in [0.2, 0.25) is 5.78 Å². The van der Waals surface area contributed by atoms with E-state index in [2.05, 4.69) is 5.10 Å². The average molecular weight is 547 g/mol. The molecule has 1 atom stereocenters. The van der Waals surface area contributed by atoms with Gasteiger partial charge in [-0.15, -0.1) is 0 Å². The third-order valence-electron chi connectivity index (χ3n) is 7.64. The van der Waals surface area contributed by atoms with Crippen molar-refractivity contribution in [3.8, 4) is 17.2 Å². The first kappa shape index (κ1) is 27.4. The minimum Gasteiger partial charge on any atom is -0.872 e. The van der Waals surface area contributed by atoms with Gasteiger partial charge in [-0.2, -0.15) is 5.10 Å². The van der Waals surface area contributed by atoms with Crippen molar-refractivity contribution in [1.29, 1.82) is 0 Å². The highest BCUT2D eigenvalue weighted by Gasteiger charge is 2.44. The molecule has 5 rings (SSSR count). The highest BCUT2D eigenvalue weighted by molar-refractivity contribution is 6.46. The Morgan fingerprint density at radius 2 is 1.80 bits per heavy atom. The van der Waals surface area contributed by atoms with Crippen LogP contribution in [-0.4, -0.2) is 80.0 Å². The number of benzene rings is 2. The number of ketones is 1. The summed E-state index contributed by atoms with van der Waals surface area (Å²) in [6.07, 6.45) is 2.15. The van der Waals surface area contributed by atoms with E-state index in [1.807, 2.05) is 30.3 Å². The summed E-state index contributed by atoms with van der Waals surface area (Å²) in [5.41, 5.74) is 2.19. The number of Topliss-reactive ketones (excluding diaryl/α,β-unsaturated/α-hetero) is 1. The number of hydrogen-bond donors (Lipinski definition) is 1. The SMILES string of the molecule is COc1ccc(C2C(=C([O-])c3cnn(-c4ccccc4)c3C)C(=O)C(=O)N2CCC[NH+]2CCOCC2)cc1OC. The van der Waals surface area contributed by atoms with E-state index in [9.17, 15) is 14.7 Å². The van der Waals surface area contributed by atoms with E-state index >= 15 is 0 Å². The third kappa shape index (κ3) is 5.20. The van der Waals surface area contributed by atoms with Gasteiger partial charge in [0.05, 0.1) is 51.9 Å². The van der Waals surface area contributed by atoms with Crippen molar-refractivity contribution in [2.45, 2.75) is 19.4 Å². The van der Waals surface area contributed by atoms with Gasteiger partial charge in [-0.3, -0.25) is 9.59 Å². The van der Waals surface area contributed by atoms with Crippen LogP contribution < -0.4 is 19.5 Å². The lowest BCUT2D eigenvalue weighted by atomic mass is 9.95. The molecule has 0 spiro atoms. The molecule has 40 heavy (non-hydrogen) atoms. The molecule has 2 saturated heterocycles. The number of carbonyl (C=O) groups is 2. The lowest BCUT2D eigenvalue weighted by Gasteiger charge is -2.29. The molecule has 2 fully saturated rings. The molecule has 0 saturated carbocycles. The molecule has 10 heteroatoms. The van der Waals surface area contributed by atoms with Crippen molar-refractivity contribution in [3.63, 3.8) is 0 Å². The fourth-order valence-corrected chi connectivity index (χ4v) is 5.49. The monoisotopic (exact) mass is 546 g/mol. The van der Waals surface area contributed by atoms with E-state index in [1.165, 1.54) is 30.2 Å². The van der Waals surface area contributed by atoms with Gasteiger partial charge in [-0.05, 0) is 36.8 Å². The van der Waals surface area contributed by atoms with Crippen molar-refractivity contribution in [1.82, 2.24) is 14.7 Å². The lowest BCUT2D eigenvalue weighted by molar-refractivity contribution is -0.908. The molecule has 0 aliphatic carbocycles. The Hall–Kier alpha value is -4.15. The van der Waals surface area contributed by atoms with Crippen LogP contribution in [0.25, 0.3) is 11.4 Å². The number of carbonyl (C=O) groups excluding carboxylic acids is 2. The lowest BCUT2D eigenvalue weighted by Crippen LogP contribution is -3.14. The molecule has 1 N–H and O–H groups in total. The smallest absolute Gasteiger partial charge is 0.295 e. The third-order valence-corrected chi connectivity index (χ3v) is 7.64. The summed E-state index contributed by atoms with van der Waals surface area (Å²) in [5.74, 6) is -0.996. The summed E-state index contributed by atoms with van der Waals surface area (Å²) in [6.45, 7) is 6.21. The highest BCUT2D eigenvalue weighted by atomic mass is 16.5. The minimum absolute atomic E-state index is 0.0772. The standard InChI is InChI=1S/C30H34N4O6/c1-20-23(19-31-34(20)22-8-5-4-6-9-22)28(35)26-27(21-10-11-24(38-2)25(18-21)39-3)33(30(37)29(26)36)13-7-12-32-14-16-40-17-15-32/h4-6,8-11,18-19,27,35H,7,12-17H2,1-3H3. The van der Waals surface area contributed by atoms with Gasteiger partial charge < -0.3 is 29.1 Å². The number of rotatable bonds is 9. The van der Waals surface area contributed by atoms with Crippen LogP contribution in [0, 0.1) is 6.92 Å². The quantitative estimate of drug-likeness (QED) is 0.239. The molecule has 3 aromatic rings. The Morgan fingerprint density at radius 3 is 2.50 bits per heavy atom. The van der Waals surface area contributed by atoms with Gasteiger partial charge in [-0.1, -0.05) is 30.0 Å². The van der Waals surface area contributed by atoms with Gasteiger partial charge in [0.1, 0.15) is 13.1 Å². The van der Waals surface area contributed by atoms with E-state index in [4.69, 9.17) is 14.2 Å². The van der Waals surface area contributed by atoms with Gasteiger partial charge >= 0.3 is 0 Å². The second-order valence-electron chi connectivity index (χ2n) is 9.94. The number of aromatic nitrogens is 2. The molecule has 2 aliphatic rings. The van der Waals surface area contributed by atoms with E-state index in [0.717, 1.165) is 25.3 Å². The Bertz CT molecular complexity index is 1410. The number of quaternary nitrogens is 1. The molecular formula is C30H34N4O6. The Labute approximate surface area is 233 Å². The van der Waals surface area contributed by atoms with Crippen LogP contribution in [0.4, 0.5) is 0 Å². The van der Waals surface area contributed by atoms with Crippen LogP contribution in [0.1, 0.15) is 29.3 Å². The van der Waals surface area contributed by atoms with Gasteiger partial charge in [-0.25, -0.2) is 4.68 Å². The van der Waals surface area contributed by atoms with Gasteiger partial charge in [0.15, 0.2) is 11.5 Å². The van der Waals surface area contributed by atoms with Crippen LogP contribution in [0.2, 0.25) is 0 Å². The molecule has 2 aliphatic heterocycles. The number of hydrogen-bond acceptors (Lipinski definition) is 7. The zero-order valence-electron chi connectivity index (χ0n) is 23.0. The van der Waals surface area contributed by atoms with Crippen molar-refractivity contribution in [2.75, 3.05) is 53.6 Å². The molecule has 1 aromatic heterocycles. The maximum atomic E-state index is 14.0. The van der Waals surface area contributed by atoms with E-state index in [1.54, 1.807) is 29.8 Å². The fraction of sp³-hybridized carbons (Fsp3) is 0.367. The number of morpholine rings is 1. The van der Waals surface area contributed by atoms with Gasteiger partial charge in [0, 0.05) is 29.8 Å². The molecule has 10 nitrogen and oxygen atoms in total. The molecule has 210 valence electrons. The number of ether oxygens (including phenoxy) is 3. The minimum atomic E-state index is -0.855. The summed E-state index contributed by atoms with van der Waals surface area (Å²) in [6, 6.07) is 13.8. The number of methoxy groups -OCH3 is 2. The van der Waals surface area contributed by atoms with Crippen LogP contribution in [-0.2, 0) is 14.3 Å². The molecular weight excluding hydrogens is 512 g/mol. The maximum Gasteiger partial charge on any atom is 0.295 e. The van der Waals surface area contributed by atoms with Crippen LogP contribution in [0.3, 0.4) is 0 Å². The van der Waals surface area contributed by atoms with Crippen molar-refractivity contribution in [2.24, 2.45) is 0 Å². The average Bonchev–Trinajstić information content (AvgIpc) is 3.50. The van der Waals surface area contributed by atoms with E-state index in [0.29, 0.717) is 48.9 Å². The second-order valence-corrected chi connectivity index (χ2v) is 9.94. The van der Waals surface area contributed by atoms with E-state index < -0.39 is 23.5 Å². The predicted octanol–water partition coefficient (Wildman–Crippen LogP) is 0.727. The number of nitrogens with one attached hydrogen (secondary N) is 1. The first-order chi connectivity index (χ1) is 19.4. The Balaban J connectivity index is 1.55. The van der Waals surface area contributed by atoms with Crippen molar-refractivity contribution < 1.29 is 33.8 Å². The summed E-state index contributed by atoms with van der Waals surface area (Å²) in [5, 5.41) is 18.4. The summed E-state index contributed by atoms with van der Waals surface area (Å²) >= 11 is 0. The Kier molecular flexibility index (Phi) is 8.18. The summed E-state index contributed by atoms with van der Waals surface area (Å²) in [4.78, 5) is 29.8. The maximum absolute atomic E-state index is 14.0. The zero-order chi connectivity index (χ0) is 28.2. The molecule has 0 bridgehead atoms. The van der Waals surface area contributed by atoms with Crippen LogP contribution in [0.15, 0.2) is 60.3 Å². The van der Waals surface area contributed by atoms with Crippen molar-refractivity contribution >= 4 is 17.4 Å². The predicted molar refractivity (Wildman–Crippen MR) is 145 cm³/mol.